The average molecular weight is 412 g/mol. The highest BCUT2D eigenvalue weighted by Gasteiger charge is 2.43. The molecule has 1 aromatic heterocycles. The molecule has 30 heavy (non-hydrogen) atoms. The molecule has 0 bridgehead atoms. The standard InChI is InChI=1S/C23H33N5O2/c1-15(2)26-22(29)9-8-18-12-25-23(30)21-10-17(14-28(18)21)24-11-16-13-27(3)20-7-5-4-6-19(16)20/h4-7,13,15,17-18,21,24H,8-12,14H2,1-3H3,(H,25,30)(H,26,29)/t17-,18+,21-/m0/s1. The van der Waals surface area contributed by atoms with Gasteiger partial charge in [0.1, 0.15) is 0 Å². The van der Waals surface area contributed by atoms with Crippen LogP contribution in [0.4, 0.5) is 0 Å². The number of amides is 2. The van der Waals surface area contributed by atoms with Gasteiger partial charge in [-0.25, -0.2) is 0 Å². The molecule has 3 N–H and O–H groups in total. The van der Waals surface area contributed by atoms with Crippen LogP contribution in [0.25, 0.3) is 10.9 Å². The number of fused-ring (bicyclic) bond motifs is 2. The summed E-state index contributed by atoms with van der Waals surface area (Å²) in [4.78, 5) is 26.8. The Labute approximate surface area is 178 Å². The SMILES string of the molecule is CC(C)NC(=O)CC[C@@H]1CNC(=O)[C@@H]2C[C@H](NCc3cn(C)c4ccccc34)CN12. The molecule has 7 nitrogen and oxygen atoms in total. The normalized spacial score (nSPS) is 24.3. The van der Waals surface area contributed by atoms with E-state index in [2.05, 4.69) is 62.9 Å². The second-order valence-corrected chi connectivity index (χ2v) is 8.97. The van der Waals surface area contributed by atoms with Crippen molar-refractivity contribution in [1.29, 1.82) is 0 Å². The molecule has 3 atom stereocenters. The lowest BCUT2D eigenvalue weighted by Gasteiger charge is -2.37. The molecule has 2 amide bonds. The van der Waals surface area contributed by atoms with Gasteiger partial charge in [-0.2, -0.15) is 0 Å². The van der Waals surface area contributed by atoms with E-state index in [1.807, 2.05) is 13.8 Å². The van der Waals surface area contributed by atoms with Crippen molar-refractivity contribution in [3.8, 4) is 0 Å². The second kappa shape index (κ2) is 8.78. The molecular weight excluding hydrogens is 378 g/mol. The summed E-state index contributed by atoms with van der Waals surface area (Å²) in [6.45, 7) is 6.21. The summed E-state index contributed by atoms with van der Waals surface area (Å²) < 4.78 is 2.16. The summed E-state index contributed by atoms with van der Waals surface area (Å²) in [5.41, 5.74) is 2.52. The molecule has 2 fully saturated rings. The summed E-state index contributed by atoms with van der Waals surface area (Å²) in [5.74, 6) is 0.204. The number of piperazine rings is 1. The van der Waals surface area contributed by atoms with Gasteiger partial charge in [-0.1, -0.05) is 18.2 Å². The van der Waals surface area contributed by atoms with E-state index in [9.17, 15) is 9.59 Å². The molecule has 3 heterocycles. The Kier molecular flexibility index (Phi) is 6.11. The predicted molar refractivity (Wildman–Crippen MR) is 118 cm³/mol. The molecule has 2 aliphatic heterocycles. The van der Waals surface area contributed by atoms with Crippen molar-refractivity contribution in [3.63, 3.8) is 0 Å². The van der Waals surface area contributed by atoms with Crippen LogP contribution in [0.3, 0.4) is 0 Å². The minimum Gasteiger partial charge on any atom is -0.354 e. The van der Waals surface area contributed by atoms with Crippen molar-refractivity contribution in [2.75, 3.05) is 13.1 Å². The van der Waals surface area contributed by atoms with E-state index in [-0.39, 0.29) is 36.0 Å². The number of hydrogen-bond acceptors (Lipinski definition) is 4. The van der Waals surface area contributed by atoms with Crippen LogP contribution in [0.2, 0.25) is 0 Å². The van der Waals surface area contributed by atoms with Crippen LogP contribution < -0.4 is 16.0 Å². The van der Waals surface area contributed by atoms with Crippen LogP contribution in [0, 0.1) is 0 Å². The Balaban J connectivity index is 1.36. The lowest BCUT2D eigenvalue weighted by molar-refractivity contribution is -0.129. The quantitative estimate of drug-likeness (QED) is 0.646. The van der Waals surface area contributed by atoms with Crippen LogP contribution in [-0.4, -0.2) is 58.5 Å². The van der Waals surface area contributed by atoms with Crippen molar-refractivity contribution in [1.82, 2.24) is 25.4 Å². The minimum absolute atomic E-state index is 0.0864. The number of hydrogen-bond donors (Lipinski definition) is 3. The van der Waals surface area contributed by atoms with E-state index in [4.69, 9.17) is 0 Å². The third kappa shape index (κ3) is 4.37. The number of aryl methyl sites for hydroxylation is 1. The smallest absolute Gasteiger partial charge is 0.237 e. The summed E-state index contributed by atoms with van der Waals surface area (Å²) in [6, 6.07) is 8.99. The zero-order valence-electron chi connectivity index (χ0n) is 18.1. The van der Waals surface area contributed by atoms with E-state index in [1.165, 1.54) is 16.5 Å². The van der Waals surface area contributed by atoms with Gasteiger partial charge in [-0.3, -0.25) is 14.5 Å². The maximum atomic E-state index is 12.4. The Morgan fingerprint density at radius 3 is 2.90 bits per heavy atom. The number of nitrogens with one attached hydrogen (secondary N) is 3. The van der Waals surface area contributed by atoms with Gasteiger partial charge in [-0.05, 0) is 38.3 Å². The second-order valence-electron chi connectivity index (χ2n) is 8.97. The molecule has 2 saturated heterocycles. The Morgan fingerprint density at radius 2 is 2.10 bits per heavy atom. The highest BCUT2D eigenvalue weighted by Crippen LogP contribution is 2.27. The Bertz CT molecular complexity index is 921. The van der Waals surface area contributed by atoms with E-state index >= 15 is 0 Å². The van der Waals surface area contributed by atoms with Crippen molar-refractivity contribution >= 4 is 22.7 Å². The molecule has 2 aromatic rings. The van der Waals surface area contributed by atoms with Crippen LogP contribution in [0.5, 0.6) is 0 Å². The zero-order valence-corrected chi connectivity index (χ0v) is 18.1. The van der Waals surface area contributed by atoms with Gasteiger partial charge in [0.2, 0.25) is 11.8 Å². The number of benzene rings is 1. The maximum absolute atomic E-state index is 12.4. The first-order chi connectivity index (χ1) is 14.4. The molecule has 7 heteroatoms. The molecule has 0 aliphatic carbocycles. The lowest BCUT2D eigenvalue weighted by atomic mass is 10.0. The van der Waals surface area contributed by atoms with Crippen LogP contribution in [0.15, 0.2) is 30.5 Å². The molecular formula is C23H33N5O2. The molecule has 0 saturated carbocycles. The summed E-state index contributed by atoms with van der Waals surface area (Å²) in [5, 5.41) is 11.0. The van der Waals surface area contributed by atoms with Crippen molar-refractivity contribution in [2.24, 2.45) is 7.05 Å². The van der Waals surface area contributed by atoms with Gasteiger partial charge >= 0.3 is 0 Å². The summed E-state index contributed by atoms with van der Waals surface area (Å²) in [7, 11) is 2.08. The maximum Gasteiger partial charge on any atom is 0.237 e. The van der Waals surface area contributed by atoms with Gasteiger partial charge in [0.15, 0.2) is 0 Å². The summed E-state index contributed by atoms with van der Waals surface area (Å²) >= 11 is 0. The fourth-order valence-electron chi connectivity index (χ4n) is 4.90. The Morgan fingerprint density at radius 1 is 1.30 bits per heavy atom. The molecule has 162 valence electrons. The molecule has 0 unspecified atom stereocenters. The monoisotopic (exact) mass is 411 g/mol. The van der Waals surface area contributed by atoms with E-state index in [1.54, 1.807) is 0 Å². The first-order valence-electron chi connectivity index (χ1n) is 11.0. The average Bonchev–Trinajstić information content (AvgIpc) is 3.28. The first kappa shape index (κ1) is 20.9. The van der Waals surface area contributed by atoms with Crippen molar-refractivity contribution in [2.45, 2.75) is 63.8 Å². The fourth-order valence-corrected chi connectivity index (χ4v) is 4.90. The summed E-state index contributed by atoms with van der Waals surface area (Å²) in [6.07, 6.45) is 4.26. The minimum atomic E-state index is -0.0954. The molecule has 4 rings (SSSR count). The van der Waals surface area contributed by atoms with Crippen LogP contribution in [0.1, 0.15) is 38.7 Å². The number of carbonyl (C=O) groups is 2. The van der Waals surface area contributed by atoms with Crippen molar-refractivity contribution in [3.05, 3.63) is 36.0 Å². The van der Waals surface area contributed by atoms with Gasteiger partial charge in [0.25, 0.3) is 0 Å². The van der Waals surface area contributed by atoms with Gasteiger partial charge in [0.05, 0.1) is 6.04 Å². The van der Waals surface area contributed by atoms with Gasteiger partial charge in [-0.15, -0.1) is 0 Å². The van der Waals surface area contributed by atoms with Gasteiger partial charge < -0.3 is 20.5 Å². The lowest BCUT2D eigenvalue weighted by Crippen LogP contribution is -2.58. The number of aromatic nitrogens is 1. The third-order valence-corrected chi connectivity index (χ3v) is 6.34. The highest BCUT2D eigenvalue weighted by molar-refractivity contribution is 5.84. The zero-order chi connectivity index (χ0) is 21.3. The Hall–Kier alpha value is -2.38. The number of para-hydroxylation sites is 1. The fraction of sp³-hybridized carbons (Fsp3) is 0.565. The van der Waals surface area contributed by atoms with Crippen LogP contribution >= 0.6 is 0 Å². The molecule has 1 aromatic carbocycles. The number of nitrogens with zero attached hydrogens (tertiary/aromatic N) is 2. The van der Waals surface area contributed by atoms with E-state index < -0.39 is 0 Å². The highest BCUT2D eigenvalue weighted by atomic mass is 16.2. The number of rotatable bonds is 7. The topological polar surface area (TPSA) is 78.4 Å². The van der Waals surface area contributed by atoms with E-state index in [0.29, 0.717) is 13.0 Å². The third-order valence-electron chi connectivity index (χ3n) is 6.34. The molecule has 0 radical (unpaired) electrons. The van der Waals surface area contributed by atoms with Crippen molar-refractivity contribution < 1.29 is 9.59 Å². The van der Waals surface area contributed by atoms with Crippen LogP contribution in [-0.2, 0) is 23.2 Å². The van der Waals surface area contributed by atoms with E-state index in [0.717, 1.165) is 25.9 Å². The van der Waals surface area contributed by atoms with Gasteiger partial charge in [0, 0.05) is 68.3 Å². The largest absolute Gasteiger partial charge is 0.354 e. The number of carbonyl (C=O) groups excluding carboxylic acids is 2. The molecule has 0 spiro atoms. The predicted octanol–water partition coefficient (Wildman–Crippen LogP) is 1.51. The first-order valence-corrected chi connectivity index (χ1v) is 11.0. The molecule has 2 aliphatic rings.